The van der Waals surface area contributed by atoms with E-state index in [1.807, 2.05) is 0 Å². The summed E-state index contributed by atoms with van der Waals surface area (Å²) in [4.78, 5) is 0. The SMILES string of the molecule is CCC1SCCSC1C(Cc1ccsc1)NC. The fourth-order valence-corrected chi connectivity index (χ4v) is 6.34. The zero-order chi connectivity index (χ0) is 12.1. The van der Waals surface area contributed by atoms with Gasteiger partial charge in [0, 0.05) is 28.0 Å². The highest BCUT2D eigenvalue weighted by atomic mass is 32.2. The molecule has 0 bridgehead atoms. The fourth-order valence-electron chi connectivity index (χ4n) is 2.36. The van der Waals surface area contributed by atoms with Crippen LogP contribution in [0.4, 0.5) is 0 Å². The Morgan fingerprint density at radius 2 is 2.24 bits per heavy atom. The first-order valence-corrected chi connectivity index (χ1v) is 9.30. The van der Waals surface area contributed by atoms with Gasteiger partial charge >= 0.3 is 0 Å². The highest BCUT2D eigenvalue weighted by molar-refractivity contribution is 8.07. The van der Waals surface area contributed by atoms with Crippen molar-refractivity contribution in [1.82, 2.24) is 5.32 Å². The minimum Gasteiger partial charge on any atom is -0.316 e. The van der Waals surface area contributed by atoms with Gasteiger partial charge < -0.3 is 5.32 Å². The van der Waals surface area contributed by atoms with Crippen molar-refractivity contribution in [1.29, 1.82) is 0 Å². The Kier molecular flexibility index (Phi) is 5.74. The van der Waals surface area contributed by atoms with E-state index in [2.05, 4.69) is 59.6 Å². The minimum atomic E-state index is 0.618. The van der Waals surface area contributed by atoms with E-state index in [4.69, 9.17) is 0 Å². The van der Waals surface area contributed by atoms with Crippen LogP contribution >= 0.6 is 34.9 Å². The number of thioether (sulfide) groups is 2. The first-order chi connectivity index (χ1) is 8.35. The Hall–Kier alpha value is 0.360. The highest BCUT2D eigenvalue weighted by Gasteiger charge is 2.31. The third-order valence-electron chi connectivity index (χ3n) is 3.30. The van der Waals surface area contributed by atoms with Crippen LogP contribution < -0.4 is 5.32 Å². The molecule has 1 aliphatic rings. The maximum atomic E-state index is 3.54. The van der Waals surface area contributed by atoms with Gasteiger partial charge in [-0.2, -0.15) is 34.9 Å². The first kappa shape index (κ1) is 13.8. The Bertz CT molecular complexity index is 312. The van der Waals surface area contributed by atoms with Gasteiger partial charge in [0.2, 0.25) is 0 Å². The van der Waals surface area contributed by atoms with Crippen LogP contribution in [-0.4, -0.2) is 35.1 Å². The van der Waals surface area contributed by atoms with E-state index in [9.17, 15) is 0 Å². The van der Waals surface area contributed by atoms with E-state index in [0.717, 1.165) is 10.5 Å². The zero-order valence-corrected chi connectivity index (χ0v) is 13.0. The lowest BCUT2D eigenvalue weighted by Gasteiger charge is -2.35. The summed E-state index contributed by atoms with van der Waals surface area (Å²) in [6.07, 6.45) is 2.47. The zero-order valence-electron chi connectivity index (χ0n) is 10.5. The molecule has 1 saturated heterocycles. The average Bonchev–Trinajstić information content (AvgIpc) is 2.89. The normalized spacial score (nSPS) is 26.9. The molecule has 0 saturated carbocycles. The van der Waals surface area contributed by atoms with E-state index >= 15 is 0 Å². The molecule has 3 atom stereocenters. The summed E-state index contributed by atoms with van der Waals surface area (Å²) in [6.45, 7) is 2.33. The van der Waals surface area contributed by atoms with Gasteiger partial charge in [-0.05, 0) is 42.3 Å². The summed E-state index contributed by atoms with van der Waals surface area (Å²) in [5.74, 6) is 2.64. The predicted octanol–water partition coefficient (Wildman–Crippen LogP) is 3.51. The van der Waals surface area contributed by atoms with Crippen LogP contribution in [0.3, 0.4) is 0 Å². The van der Waals surface area contributed by atoms with Crippen molar-refractivity contribution in [2.45, 2.75) is 36.3 Å². The number of nitrogens with one attached hydrogen (secondary N) is 1. The summed E-state index contributed by atoms with van der Waals surface area (Å²) >= 11 is 6.15. The largest absolute Gasteiger partial charge is 0.316 e. The van der Waals surface area contributed by atoms with Crippen LogP contribution in [0.25, 0.3) is 0 Å². The van der Waals surface area contributed by atoms with Crippen LogP contribution in [0.1, 0.15) is 18.9 Å². The van der Waals surface area contributed by atoms with Crippen molar-refractivity contribution < 1.29 is 0 Å². The molecule has 1 aromatic heterocycles. The molecule has 0 amide bonds. The Balaban J connectivity index is 2.00. The maximum Gasteiger partial charge on any atom is 0.0323 e. The van der Waals surface area contributed by atoms with Crippen LogP contribution in [0.15, 0.2) is 16.8 Å². The molecule has 1 aromatic rings. The van der Waals surface area contributed by atoms with Crippen molar-refractivity contribution in [3.05, 3.63) is 22.4 Å². The molecular weight excluding hydrogens is 266 g/mol. The monoisotopic (exact) mass is 287 g/mol. The number of hydrogen-bond donors (Lipinski definition) is 1. The van der Waals surface area contributed by atoms with Crippen molar-refractivity contribution >= 4 is 34.9 Å². The van der Waals surface area contributed by atoms with Gasteiger partial charge in [-0.3, -0.25) is 0 Å². The summed E-state index contributed by atoms with van der Waals surface area (Å²) in [6, 6.07) is 2.88. The number of thiophene rings is 1. The lowest BCUT2D eigenvalue weighted by atomic mass is 10.0. The van der Waals surface area contributed by atoms with E-state index in [0.29, 0.717) is 6.04 Å². The lowest BCUT2D eigenvalue weighted by Crippen LogP contribution is -2.44. The van der Waals surface area contributed by atoms with Gasteiger partial charge in [0.25, 0.3) is 0 Å². The first-order valence-electron chi connectivity index (χ1n) is 6.26. The second-order valence-electron chi connectivity index (χ2n) is 4.38. The number of hydrogen-bond acceptors (Lipinski definition) is 4. The van der Waals surface area contributed by atoms with Gasteiger partial charge in [-0.15, -0.1) is 0 Å². The molecule has 1 N–H and O–H groups in total. The molecule has 1 aliphatic heterocycles. The summed E-state index contributed by atoms with van der Waals surface area (Å²) in [5.41, 5.74) is 1.49. The third kappa shape index (κ3) is 3.66. The predicted molar refractivity (Wildman–Crippen MR) is 83.7 cm³/mol. The molecule has 96 valence electrons. The summed E-state index contributed by atoms with van der Waals surface area (Å²) in [7, 11) is 2.11. The molecule has 17 heavy (non-hydrogen) atoms. The Morgan fingerprint density at radius 3 is 2.88 bits per heavy atom. The van der Waals surface area contributed by atoms with E-state index < -0.39 is 0 Å². The van der Waals surface area contributed by atoms with Crippen LogP contribution in [0, 0.1) is 0 Å². The Labute approximate surface area is 117 Å². The van der Waals surface area contributed by atoms with Gasteiger partial charge in [0.05, 0.1) is 0 Å². The van der Waals surface area contributed by atoms with Gasteiger partial charge in [-0.1, -0.05) is 6.92 Å². The average molecular weight is 288 g/mol. The van der Waals surface area contributed by atoms with Crippen molar-refractivity contribution in [2.24, 2.45) is 0 Å². The fraction of sp³-hybridized carbons (Fsp3) is 0.692. The van der Waals surface area contributed by atoms with Crippen LogP contribution in [-0.2, 0) is 6.42 Å². The lowest BCUT2D eigenvalue weighted by molar-refractivity contribution is 0.518. The molecule has 1 fully saturated rings. The van der Waals surface area contributed by atoms with Crippen LogP contribution in [0.2, 0.25) is 0 Å². The van der Waals surface area contributed by atoms with Crippen molar-refractivity contribution in [3.63, 3.8) is 0 Å². The standard InChI is InChI=1S/C13H21NS3/c1-3-12-13(17-7-6-16-12)11(14-2)8-10-4-5-15-9-10/h4-5,9,11-14H,3,6-8H2,1-2H3. The maximum absolute atomic E-state index is 3.54. The molecule has 0 spiro atoms. The van der Waals surface area contributed by atoms with Gasteiger partial charge in [0.15, 0.2) is 0 Å². The molecule has 0 aromatic carbocycles. The van der Waals surface area contributed by atoms with E-state index in [-0.39, 0.29) is 0 Å². The molecule has 0 radical (unpaired) electrons. The van der Waals surface area contributed by atoms with E-state index in [1.165, 1.54) is 29.9 Å². The molecule has 1 nitrogen and oxygen atoms in total. The second kappa shape index (κ2) is 7.07. The molecule has 2 rings (SSSR count). The second-order valence-corrected chi connectivity index (χ2v) is 7.80. The Morgan fingerprint density at radius 1 is 1.41 bits per heavy atom. The van der Waals surface area contributed by atoms with Crippen molar-refractivity contribution in [3.8, 4) is 0 Å². The summed E-state index contributed by atoms with van der Waals surface area (Å²) < 4.78 is 0. The molecule has 4 heteroatoms. The molecule has 0 aliphatic carbocycles. The minimum absolute atomic E-state index is 0.618. The number of likely N-dealkylation sites (N-methyl/N-ethyl adjacent to an activating group) is 1. The highest BCUT2D eigenvalue weighted by Crippen LogP contribution is 2.36. The van der Waals surface area contributed by atoms with E-state index in [1.54, 1.807) is 11.3 Å². The third-order valence-corrected chi connectivity index (χ3v) is 7.44. The smallest absolute Gasteiger partial charge is 0.0323 e. The molecule has 3 unspecified atom stereocenters. The summed E-state index contributed by atoms with van der Waals surface area (Å²) in [5, 5.41) is 9.60. The van der Waals surface area contributed by atoms with Crippen molar-refractivity contribution in [2.75, 3.05) is 18.6 Å². The topological polar surface area (TPSA) is 12.0 Å². The molecular formula is C13H21NS3. The van der Waals surface area contributed by atoms with Crippen LogP contribution in [0.5, 0.6) is 0 Å². The van der Waals surface area contributed by atoms with Gasteiger partial charge in [0.1, 0.15) is 0 Å². The number of rotatable bonds is 5. The quantitative estimate of drug-likeness (QED) is 0.890. The van der Waals surface area contributed by atoms with Gasteiger partial charge in [-0.25, -0.2) is 0 Å². The molecule has 2 heterocycles.